The van der Waals surface area contributed by atoms with Gasteiger partial charge >= 0.3 is 64.5 Å². The summed E-state index contributed by atoms with van der Waals surface area (Å²) in [5.74, 6) is 0.0758. The summed E-state index contributed by atoms with van der Waals surface area (Å²) in [7, 11) is 0. The predicted molar refractivity (Wildman–Crippen MR) is 70.4 cm³/mol. The largest absolute Gasteiger partial charge is 1.00 e. The predicted octanol–water partition coefficient (Wildman–Crippen LogP) is 0.0407. The molecular weight excluding hydrogens is 313 g/mol. The summed E-state index contributed by atoms with van der Waals surface area (Å²) in [5, 5.41) is 0. The van der Waals surface area contributed by atoms with Crippen molar-refractivity contribution in [2.45, 2.75) is 39.2 Å². The van der Waals surface area contributed by atoms with Crippen molar-refractivity contribution in [2.75, 3.05) is 26.2 Å². The van der Waals surface area contributed by atoms with Crippen LogP contribution in [-0.4, -0.2) is 49.8 Å². The van der Waals surface area contributed by atoms with Crippen LogP contribution in [0.4, 0.5) is 17.7 Å². The van der Waals surface area contributed by atoms with Crippen LogP contribution in [0, 0.1) is 5.92 Å². The minimum atomic E-state index is -4.88. The van der Waals surface area contributed by atoms with Crippen molar-refractivity contribution in [3.05, 3.63) is 0 Å². The first-order valence-electron chi connectivity index (χ1n) is 6.83. The van der Waals surface area contributed by atoms with Crippen molar-refractivity contribution in [1.29, 1.82) is 0 Å². The molecule has 0 aromatic carbocycles. The Morgan fingerprint density at radius 3 is 2.19 bits per heavy atom. The zero-order valence-corrected chi connectivity index (χ0v) is 16.3. The Labute approximate surface area is 166 Å². The molecule has 1 aliphatic rings. The molecule has 1 fully saturated rings. The molecular formula is C12H22BF3KNO3. The normalized spacial score (nSPS) is 17.3. The van der Waals surface area contributed by atoms with E-state index >= 15 is 0 Å². The van der Waals surface area contributed by atoms with Crippen LogP contribution in [0.5, 0.6) is 0 Å². The van der Waals surface area contributed by atoms with Crippen LogP contribution in [0.3, 0.4) is 0 Å². The smallest absolute Gasteiger partial charge is 0.447 e. The second-order valence-corrected chi connectivity index (χ2v) is 6.16. The van der Waals surface area contributed by atoms with E-state index in [0.717, 1.165) is 0 Å². The molecule has 0 unspecified atom stereocenters. The Hall–Kier alpha value is 0.721. The maximum atomic E-state index is 12.0. The van der Waals surface area contributed by atoms with Crippen LogP contribution in [0.25, 0.3) is 0 Å². The molecule has 1 rings (SSSR count). The average Bonchev–Trinajstić information content (AvgIpc) is 2.25. The second kappa shape index (κ2) is 9.12. The Morgan fingerprint density at radius 2 is 1.76 bits per heavy atom. The molecule has 4 nitrogen and oxygen atoms in total. The van der Waals surface area contributed by atoms with Crippen LogP contribution in [-0.2, 0) is 9.47 Å². The molecule has 0 aliphatic carbocycles. The Morgan fingerprint density at radius 1 is 1.24 bits per heavy atom. The Bertz CT molecular complexity index is 329. The molecule has 0 aromatic heterocycles. The number of carbonyl (C=O) groups excluding carboxylic acids is 1. The van der Waals surface area contributed by atoms with Gasteiger partial charge in [0.05, 0.1) is 0 Å². The van der Waals surface area contributed by atoms with Gasteiger partial charge in [-0.1, -0.05) is 0 Å². The molecule has 1 heterocycles. The van der Waals surface area contributed by atoms with E-state index in [9.17, 15) is 17.7 Å². The number of amides is 1. The number of piperidine rings is 1. The van der Waals surface area contributed by atoms with E-state index in [-0.39, 0.29) is 70.0 Å². The summed E-state index contributed by atoms with van der Waals surface area (Å²) in [4.78, 5) is 13.4. The van der Waals surface area contributed by atoms with E-state index in [1.165, 1.54) is 0 Å². The molecule has 0 aromatic rings. The number of hydrogen-bond acceptors (Lipinski definition) is 3. The van der Waals surface area contributed by atoms with Crippen molar-refractivity contribution in [3.8, 4) is 0 Å². The zero-order chi connectivity index (χ0) is 15.4. The van der Waals surface area contributed by atoms with Gasteiger partial charge in [0.2, 0.25) is 0 Å². The molecule has 0 atom stereocenters. The third-order valence-corrected chi connectivity index (χ3v) is 2.93. The number of rotatable bonds is 4. The van der Waals surface area contributed by atoms with Gasteiger partial charge in [0.1, 0.15) is 5.60 Å². The van der Waals surface area contributed by atoms with E-state index in [1.807, 2.05) is 0 Å². The fourth-order valence-electron chi connectivity index (χ4n) is 1.98. The van der Waals surface area contributed by atoms with Gasteiger partial charge in [0.15, 0.2) is 0 Å². The topological polar surface area (TPSA) is 38.8 Å². The molecule has 0 spiro atoms. The summed E-state index contributed by atoms with van der Waals surface area (Å²) in [6.45, 7) is 0.465. The van der Waals surface area contributed by atoms with Crippen LogP contribution < -0.4 is 51.4 Å². The molecule has 9 heteroatoms. The first-order chi connectivity index (χ1) is 9.07. The third-order valence-electron chi connectivity index (χ3n) is 2.93. The van der Waals surface area contributed by atoms with E-state index in [1.54, 1.807) is 25.7 Å². The van der Waals surface area contributed by atoms with E-state index in [4.69, 9.17) is 4.74 Å². The summed E-state index contributed by atoms with van der Waals surface area (Å²) in [6.07, 6.45) is 0.921. The molecule has 21 heavy (non-hydrogen) atoms. The maximum absolute atomic E-state index is 12.0. The van der Waals surface area contributed by atoms with E-state index in [2.05, 4.69) is 4.74 Å². The molecule has 0 radical (unpaired) electrons. The molecule has 1 aliphatic heterocycles. The number of nitrogens with zero attached hydrogens (tertiary/aromatic N) is 1. The minimum absolute atomic E-state index is 0. The molecule has 118 valence electrons. The Balaban J connectivity index is 0.00000400. The zero-order valence-electron chi connectivity index (χ0n) is 13.2. The van der Waals surface area contributed by atoms with Crippen molar-refractivity contribution in [1.82, 2.24) is 4.90 Å². The van der Waals surface area contributed by atoms with Crippen LogP contribution >= 0.6 is 0 Å². The summed E-state index contributed by atoms with van der Waals surface area (Å²) in [6, 6.07) is 0. The van der Waals surface area contributed by atoms with Gasteiger partial charge in [-0.3, -0.25) is 0 Å². The first-order valence-corrected chi connectivity index (χ1v) is 6.83. The van der Waals surface area contributed by atoms with Crippen molar-refractivity contribution < 1.29 is 78.6 Å². The molecule has 0 bridgehead atoms. The summed E-state index contributed by atoms with van der Waals surface area (Å²) < 4.78 is 45.9. The van der Waals surface area contributed by atoms with Crippen molar-refractivity contribution in [3.63, 3.8) is 0 Å². The van der Waals surface area contributed by atoms with Crippen molar-refractivity contribution >= 4 is 13.1 Å². The maximum Gasteiger partial charge on any atom is 1.00 e. The monoisotopic (exact) mass is 335 g/mol. The molecule has 1 amide bonds. The molecule has 1 saturated heterocycles. The number of ether oxygens (including phenoxy) is 2. The van der Waals surface area contributed by atoms with Crippen LogP contribution in [0.1, 0.15) is 33.6 Å². The number of hydrogen-bond donors (Lipinski definition) is 0. The molecule has 0 N–H and O–H groups in total. The van der Waals surface area contributed by atoms with Crippen LogP contribution in [0.2, 0.25) is 0 Å². The van der Waals surface area contributed by atoms with Gasteiger partial charge in [-0.25, -0.2) is 4.79 Å². The Kier molecular flexibility index (Phi) is 9.44. The quantitative estimate of drug-likeness (QED) is 0.681. The standard InChI is InChI=1S/C12H22BF3NO3.K/c1-12(2,3)20-11(18)17-6-4-10(5-7-17)8-19-9-13(14,15)16;/h10H,4-9H2,1-3H3;/q-1;+1. The van der Waals surface area contributed by atoms with Gasteiger partial charge in [0, 0.05) is 26.2 Å². The summed E-state index contributed by atoms with van der Waals surface area (Å²) in [5.41, 5.74) is -0.536. The molecule has 0 saturated carbocycles. The fraction of sp³-hybridized carbons (Fsp3) is 0.917. The average molecular weight is 335 g/mol. The first kappa shape index (κ1) is 21.7. The summed E-state index contributed by atoms with van der Waals surface area (Å²) >= 11 is 0. The SMILES string of the molecule is CC(C)(C)OC(=O)N1CCC(COC[B-](F)(F)F)CC1.[K+]. The van der Waals surface area contributed by atoms with E-state index in [0.29, 0.717) is 25.9 Å². The number of likely N-dealkylation sites (tertiary alicyclic amines) is 1. The van der Waals surface area contributed by atoms with E-state index < -0.39 is 19.1 Å². The minimum Gasteiger partial charge on any atom is -0.447 e. The van der Waals surface area contributed by atoms with Crippen molar-refractivity contribution in [2.24, 2.45) is 5.92 Å². The number of carbonyl (C=O) groups is 1. The van der Waals surface area contributed by atoms with Gasteiger partial charge in [-0.05, 0) is 39.5 Å². The van der Waals surface area contributed by atoms with Gasteiger partial charge in [-0.2, -0.15) is 0 Å². The van der Waals surface area contributed by atoms with Crippen LogP contribution in [0.15, 0.2) is 0 Å². The van der Waals surface area contributed by atoms with Gasteiger partial charge in [-0.15, -0.1) is 0 Å². The number of halogens is 3. The van der Waals surface area contributed by atoms with Gasteiger partial charge < -0.3 is 27.3 Å². The second-order valence-electron chi connectivity index (χ2n) is 6.16. The van der Waals surface area contributed by atoms with Gasteiger partial charge in [0.25, 0.3) is 0 Å². The third kappa shape index (κ3) is 10.2. The fourth-order valence-corrected chi connectivity index (χ4v) is 1.98.